The first-order chi connectivity index (χ1) is 9.65. The summed E-state index contributed by atoms with van der Waals surface area (Å²) in [7, 11) is 0. The van der Waals surface area contributed by atoms with E-state index in [0.29, 0.717) is 29.6 Å². The number of nitrogen functional groups attached to an aromatic ring is 1. The molecule has 1 fully saturated rings. The van der Waals surface area contributed by atoms with Crippen LogP contribution in [-0.2, 0) is 14.3 Å². The Morgan fingerprint density at radius 2 is 2.40 bits per heavy atom. The summed E-state index contributed by atoms with van der Waals surface area (Å²) in [5.41, 5.74) is 6.77. The molecule has 1 aliphatic rings. The van der Waals surface area contributed by atoms with Gasteiger partial charge in [-0.3, -0.25) is 4.79 Å². The number of benzene rings is 1. The quantitative estimate of drug-likeness (QED) is 0.625. The molecular weight excluding hydrogens is 280 g/mol. The molecule has 1 amide bonds. The van der Waals surface area contributed by atoms with Crippen molar-refractivity contribution in [1.82, 2.24) is 0 Å². The van der Waals surface area contributed by atoms with Gasteiger partial charge in [-0.15, -0.1) is 0 Å². The lowest BCUT2D eigenvalue weighted by atomic mass is 10.2. The first kappa shape index (κ1) is 15.1. The minimum atomic E-state index is -0.147. The van der Waals surface area contributed by atoms with Gasteiger partial charge in [0.15, 0.2) is 0 Å². The summed E-state index contributed by atoms with van der Waals surface area (Å²) in [5.74, 6) is -0.147. The molecule has 1 aromatic rings. The molecule has 110 valence electrons. The molecule has 5 nitrogen and oxygen atoms in total. The smallest absolute Gasteiger partial charge is 0.226 e. The van der Waals surface area contributed by atoms with Crippen molar-refractivity contribution >= 4 is 28.9 Å². The Bertz CT molecular complexity index is 462. The number of carbonyl (C=O) groups is 1. The molecule has 1 saturated heterocycles. The lowest BCUT2D eigenvalue weighted by Gasteiger charge is -2.11. The molecule has 1 aliphatic heterocycles. The molecule has 1 atom stereocenters. The van der Waals surface area contributed by atoms with Gasteiger partial charge in [-0.25, -0.2) is 0 Å². The van der Waals surface area contributed by atoms with Gasteiger partial charge in [0.25, 0.3) is 0 Å². The highest BCUT2D eigenvalue weighted by Crippen LogP contribution is 2.22. The number of rotatable bonds is 6. The van der Waals surface area contributed by atoms with E-state index in [-0.39, 0.29) is 18.4 Å². The van der Waals surface area contributed by atoms with Gasteiger partial charge < -0.3 is 20.5 Å². The van der Waals surface area contributed by atoms with E-state index in [4.69, 9.17) is 26.8 Å². The summed E-state index contributed by atoms with van der Waals surface area (Å²) in [5, 5.41) is 3.25. The Hall–Kier alpha value is -1.30. The average molecular weight is 299 g/mol. The minimum absolute atomic E-state index is 0.147. The van der Waals surface area contributed by atoms with E-state index in [1.807, 2.05) is 0 Å². The van der Waals surface area contributed by atoms with Crippen LogP contribution >= 0.6 is 11.6 Å². The number of hydrogen-bond donors (Lipinski definition) is 2. The summed E-state index contributed by atoms with van der Waals surface area (Å²) < 4.78 is 10.9. The highest BCUT2D eigenvalue weighted by atomic mass is 35.5. The number of amides is 1. The lowest BCUT2D eigenvalue weighted by molar-refractivity contribution is -0.117. The van der Waals surface area contributed by atoms with Gasteiger partial charge in [0.2, 0.25) is 5.91 Å². The van der Waals surface area contributed by atoms with E-state index < -0.39 is 0 Å². The van der Waals surface area contributed by atoms with Crippen molar-refractivity contribution in [2.75, 3.05) is 30.9 Å². The molecule has 0 bridgehead atoms. The zero-order chi connectivity index (χ0) is 14.4. The fraction of sp³-hybridized carbons (Fsp3) is 0.500. The van der Waals surface area contributed by atoms with Crippen LogP contribution in [0.5, 0.6) is 0 Å². The highest BCUT2D eigenvalue weighted by Gasteiger charge is 2.15. The van der Waals surface area contributed by atoms with Crippen LogP contribution in [-0.4, -0.2) is 31.8 Å². The van der Waals surface area contributed by atoms with Crippen molar-refractivity contribution in [3.05, 3.63) is 23.2 Å². The molecule has 0 spiro atoms. The maximum Gasteiger partial charge on any atom is 0.226 e. The molecule has 1 unspecified atom stereocenters. The Kier molecular flexibility index (Phi) is 5.64. The minimum Gasteiger partial charge on any atom is -0.397 e. The second kappa shape index (κ2) is 7.47. The van der Waals surface area contributed by atoms with E-state index in [1.165, 1.54) is 0 Å². The predicted octanol–water partition coefficient (Wildman–Crippen LogP) is 2.45. The van der Waals surface area contributed by atoms with Crippen molar-refractivity contribution < 1.29 is 14.3 Å². The molecule has 0 aromatic heterocycles. The molecule has 1 heterocycles. The Morgan fingerprint density at radius 3 is 3.15 bits per heavy atom. The number of ether oxygens (including phenoxy) is 2. The fourth-order valence-corrected chi connectivity index (χ4v) is 2.18. The van der Waals surface area contributed by atoms with Crippen LogP contribution in [0.2, 0.25) is 5.02 Å². The molecule has 0 aliphatic carbocycles. The van der Waals surface area contributed by atoms with E-state index in [2.05, 4.69) is 5.32 Å². The maximum atomic E-state index is 11.8. The fourth-order valence-electron chi connectivity index (χ4n) is 2.00. The van der Waals surface area contributed by atoms with Gasteiger partial charge in [0, 0.05) is 11.6 Å². The molecule has 0 radical (unpaired) electrons. The van der Waals surface area contributed by atoms with E-state index in [9.17, 15) is 4.79 Å². The molecule has 6 heteroatoms. The topological polar surface area (TPSA) is 73.6 Å². The van der Waals surface area contributed by atoms with Crippen LogP contribution in [0.25, 0.3) is 0 Å². The van der Waals surface area contributed by atoms with Crippen molar-refractivity contribution in [1.29, 1.82) is 0 Å². The van der Waals surface area contributed by atoms with Crippen molar-refractivity contribution in [2.24, 2.45) is 0 Å². The van der Waals surface area contributed by atoms with Crippen LogP contribution in [0, 0.1) is 0 Å². The summed E-state index contributed by atoms with van der Waals surface area (Å²) in [6.45, 7) is 1.72. The molecule has 2 rings (SSSR count). The number of carbonyl (C=O) groups excluding carboxylic acids is 1. The SMILES string of the molecule is Nc1ccc(Cl)cc1NC(=O)CCOCC1CCCO1. The summed E-state index contributed by atoms with van der Waals surface area (Å²) >= 11 is 5.85. The third-order valence-electron chi connectivity index (χ3n) is 3.09. The van der Waals surface area contributed by atoms with Gasteiger partial charge in [0.05, 0.1) is 37.1 Å². The highest BCUT2D eigenvalue weighted by molar-refractivity contribution is 6.31. The zero-order valence-electron chi connectivity index (χ0n) is 11.2. The first-order valence-corrected chi connectivity index (χ1v) is 7.07. The first-order valence-electron chi connectivity index (χ1n) is 6.69. The molecule has 0 saturated carbocycles. The predicted molar refractivity (Wildman–Crippen MR) is 78.9 cm³/mol. The van der Waals surface area contributed by atoms with Gasteiger partial charge >= 0.3 is 0 Å². The van der Waals surface area contributed by atoms with Crippen LogP contribution in [0.4, 0.5) is 11.4 Å². The van der Waals surface area contributed by atoms with Crippen LogP contribution in [0.3, 0.4) is 0 Å². The Morgan fingerprint density at radius 1 is 1.55 bits per heavy atom. The molecule has 3 N–H and O–H groups in total. The number of halogens is 1. The third-order valence-corrected chi connectivity index (χ3v) is 3.33. The maximum absolute atomic E-state index is 11.8. The number of nitrogens with one attached hydrogen (secondary N) is 1. The number of nitrogens with two attached hydrogens (primary N) is 1. The van der Waals surface area contributed by atoms with Crippen LogP contribution < -0.4 is 11.1 Å². The average Bonchev–Trinajstić information content (AvgIpc) is 2.92. The van der Waals surface area contributed by atoms with Crippen molar-refractivity contribution in [2.45, 2.75) is 25.4 Å². The van der Waals surface area contributed by atoms with Crippen molar-refractivity contribution in [3.63, 3.8) is 0 Å². The number of anilines is 2. The van der Waals surface area contributed by atoms with Gasteiger partial charge in [-0.05, 0) is 31.0 Å². The number of hydrogen-bond acceptors (Lipinski definition) is 4. The second-order valence-corrected chi connectivity index (χ2v) is 5.18. The van der Waals surface area contributed by atoms with Gasteiger partial charge in [-0.1, -0.05) is 11.6 Å². The standard InChI is InChI=1S/C14H19ClN2O3/c15-10-3-4-12(16)13(8-10)17-14(18)5-7-19-9-11-2-1-6-20-11/h3-4,8,11H,1-2,5-7,9,16H2,(H,17,18). The largest absolute Gasteiger partial charge is 0.397 e. The summed E-state index contributed by atoms with van der Waals surface area (Å²) in [6.07, 6.45) is 2.58. The summed E-state index contributed by atoms with van der Waals surface area (Å²) in [4.78, 5) is 11.8. The molecule has 20 heavy (non-hydrogen) atoms. The van der Waals surface area contributed by atoms with Gasteiger partial charge in [-0.2, -0.15) is 0 Å². The zero-order valence-corrected chi connectivity index (χ0v) is 12.0. The Balaban J connectivity index is 1.68. The van der Waals surface area contributed by atoms with E-state index in [1.54, 1.807) is 18.2 Å². The van der Waals surface area contributed by atoms with E-state index >= 15 is 0 Å². The summed E-state index contributed by atoms with van der Waals surface area (Å²) in [6, 6.07) is 4.96. The lowest BCUT2D eigenvalue weighted by Crippen LogP contribution is -2.18. The second-order valence-electron chi connectivity index (χ2n) is 4.74. The van der Waals surface area contributed by atoms with Crippen LogP contribution in [0.15, 0.2) is 18.2 Å². The van der Waals surface area contributed by atoms with Gasteiger partial charge in [0.1, 0.15) is 0 Å². The van der Waals surface area contributed by atoms with Crippen molar-refractivity contribution in [3.8, 4) is 0 Å². The Labute approximate surface area is 123 Å². The van der Waals surface area contributed by atoms with Crippen LogP contribution in [0.1, 0.15) is 19.3 Å². The normalized spacial score (nSPS) is 18.1. The molecule has 1 aromatic carbocycles. The molecular formula is C14H19ClN2O3. The van der Waals surface area contributed by atoms with E-state index in [0.717, 1.165) is 19.4 Å². The monoisotopic (exact) mass is 298 g/mol. The third kappa shape index (κ3) is 4.67.